The number of thiophene rings is 1. The summed E-state index contributed by atoms with van der Waals surface area (Å²) in [6.07, 6.45) is 3.17. The molecular formula is C21H17N5O4S. The Balaban J connectivity index is 1.45. The molecule has 0 bridgehead atoms. The molecule has 0 N–H and O–H groups in total. The molecule has 0 atom stereocenters. The lowest BCUT2D eigenvalue weighted by Gasteiger charge is -2.09. The van der Waals surface area contributed by atoms with Gasteiger partial charge in [-0.15, -0.1) is 0 Å². The smallest absolute Gasteiger partial charge is 0.339 e. The van der Waals surface area contributed by atoms with Gasteiger partial charge in [-0.2, -0.15) is 21.4 Å². The number of aromatic nitrogens is 5. The summed E-state index contributed by atoms with van der Waals surface area (Å²) in [5.74, 6) is 0.678. The van der Waals surface area contributed by atoms with E-state index in [4.69, 9.17) is 13.7 Å². The van der Waals surface area contributed by atoms with Crippen molar-refractivity contribution in [2.24, 2.45) is 0 Å². The fourth-order valence-electron chi connectivity index (χ4n) is 3.14. The van der Waals surface area contributed by atoms with Gasteiger partial charge >= 0.3 is 5.97 Å². The highest BCUT2D eigenvalue weighted by atomic mass is 32.1. The van der Waals surface area contributed by atoms with Gasteiger partial charge in [0.05, 0.1) is 29.0 Å². The number of hydrogen-bond acceptors (Lipinski definition) is 9. The molecule has 0 amide bonds. The number of ether oxygens (including phenoxy) is 1. The second-order valence-electron chi connectivity index (χ2n) is 7.06. The maximum atomic E-state index is 13.0. The molecule has 156 valence electrons. The highest BCUT2D eigenvalue weighted by Crippen LogP contribution is 2.27. The van der Waals surface area contributed by atoms with Crippen LogP contribution in [0.2, 0.25) is 0 Å². The van der Waals surface area contributed by atoms with Gasteiger partial charge in [0, 0.05) is 11.4 Å². The van der Waals surface area contributed by atoms with Gasteiger partial charge < -0.3 is 13.7 Å². The number of hydrogen-bond donors (Lipinski definition) is 0. The largest absolute Gasteiger partial charge is 0.463 e. The first kappa shape index (κ1) is 19.2. The summed E-state index contributed by atoms with van der Waals surface area (Å²) in [6, 6.07) is 7.13. The molecule has 0 unspecified atom stereocenters. The zero-order chi connectivity index (χ0) is 21.4. The van der Waals surface area contributed by atoms with Crippen molar-refractivity contribution in [3.63, 3.8) is 0 Å². The Morgan fingerprint density at radius 3 is 2.94 bits per heavy atom. The zero-order valence-electron chi connectivity index (χ0n) is 16.7. The predicted molar refractivity (Wildman–Crippen MR) is 112 cm³/mol. The molecule has 0 aliphatic heterocycles. The third-order valence-electron chi connectivity index (χ3n) is 4.62. The lowest BCUT2D eigenvalue weighted by molar-refractivity contribution is 0.0462. The van der Waals surface area contributed by atoms with Crippen LogP contribution in [-0.2, 0) is 11.3 Å². The Kier molecular flexibility index (Phi) is 4.83. The Bertz CT molecular complexity index is 1340. The van der Waals surface area contributed by atoms with Gasteiger partial charge in [-0.25, -0.2) is 14.5 Å². The van der Waals surface area contributed by atoms with Crippen LogP contribution in [0.3, 0.4) is 0 Å². The quantitative estimate of drug-likeness (QED) is 0.352. The van der Waals surface area contributed by atoms with Gasteiger partial charge in [0.2, 0.25) is 5.82 Å². The van der Waals surface area contributed by atoms with E-state index in [9.17, 15) is 4.79 Å². The minimum absolute atomic E-state index is 0.0653. The van der Waals surface area contributed by atoms with Crippen LogP contribution in [0, 0.1) is 0 Å². The molecule has 5 aromatic rings. The number of rotatable bonds is 6. The minimum atomic E-state index is -0.537. The number of nitrogens with zero attached hydrogens (tertiary/aromatic N) is 5. The molecular weight excluding hydrogens is 418 g/mol. The minimum Gasteiger partial charge on any atom is -0.463 e. The van der Waals surface area contributed by atoms with Crippen molar-refractivity contribution in [2.75, 3.05) is 0 Å². The molecule has 0 aliphatic rings. The van der Waals surface area contributed by atoms with Crippen LogP contribution < -0.4 is 0 Å². The van der Waals surface area contributed by atoms with Crippen molar-refractivity contribution in [1.82, 2.24) is 24.9 Å². The number of fused-ring (bicyclic) bond motifs is 1. The molecule has 0 radical (unpaired) electrons. The van der Waals surface area contributed by atoms with Crippen LogP contribution in [0.25, 0.3) is 33.9 Å². The molecule has 5 aromatic heterocycles. The summed E-state index contributed by atoms with van der Waals surface area (Å²) in [5, 5.41) is 12.7. The van der Waals surface area contributed by atoms with E-state index in [2.05, 4.69) is 20.2 Å². The fraction of sp³-hybridized carbons (Fsp3) is 0.190. The van der Waals surface area contributed by atoms with Gasteiger partial charge in [0.1, 0.15) is 5.69 Å². The van der Waals surface area contributed by atoms with E-state index in [-0.39, 0.29) is 18.5 Å². The first-order valence-corrected chi connectivity index (χ1v) is 10.5. The van der Waals surface area contributed by atoms with Gasteiger partial charge in [0.25, 0.3) is 5.89 Å². The SMILES string of the molecule is CC(C)n1ncc2c(C(=O)OCc3noc(-c4ccsc4)n3)cc(-c3ccco3)nc21. The molecule has 10 heteroatoms. The molecule has 9 nitrogen and oxygen atoms in total. The fourth-order valence-corrected chi connectivity index (χ4v) is 3.77. The van der Waals surface area contributed by atoms with E-state index in [0.29, 0.717) is 33.9 Å². The summed E-state index contributed by atoms with van der Waals surface area (Å²) in [7, 11) is 0. The average Bonchev–Trinajstić information content (AvgIpc) is 3.56. The Hall–Kier alpha value is -3.79. The van der Waals surface area contributed by atoms with E-state index in [0.717, 1.165) is 5.56 Å². The van der Waals surface area contributed by atoms with E-state index < -0.39 is 5.97 Å². The van der Waals surface area contributed by atoms with E-state index >= 15 is 0 Å². The number of esters is 1. The second kappa shape index (κ2) is 7.80. The Morgan fingerprint density at radius 1 is 1.29 bits per heavy atom. The van der Waals surface area contributed by atoms with E-state index in [1.54, 1.807) is 35.3 Å². The van der Waals surface area contributed by atoms with Gasteiger partial charge in [-0.05, 0) is 43.5 Å². The first-order chi connectivity index (χ1) is 15.1. The van der Waals surface area contributed by atoms with Crippen LogP contribution >= 0.6 is 11.3 Å². The second-order valence-corrected chi connectivity index (χ2v) is 7.84. The molecule has 0 aliphatic carbocycles. The summed E-state index contributed by atoms with van der Waals surface area (Å²) >= 11 is 1.53. The first-order valence-electron chi connectivity index (χ1n) is 9.54. The highest BCUT2D eigenvalue weighted by Gasteiger charge is 2.21. The van der Waals surface area contributed by atoms with Crippen molar-refractivity contribution in [3.05, 3.63) is 58.9 Å². The van der Waals surface area contributed by atoms with E-state index in [1.165, 1.54) is 11.3 Å². The topological polar surface area (TPSA) is 109 Å². The molecule has 31 heavy (non-hydrogen) atoms. The molecule has 0 saturated carbocycles. The van der Waals surface area contributed by atoms with Crippen molar-refractivity contribution in [3.8, 4) is 22.9 Å². The maximum absolute atomic E-state index is 13.0. The lowest BCUT2D eigenvalue weighted by Crippen LogP contribution is -2.09. The highest BCUT2D eigenvalue weighted by molar-refractivity contribution is 7.08. The molecule has 0 saturated heterocycles. The van der Waals surface area contributed by atoms with Crippen LogP contribution in [0.4, 0.5) is 0 Å². The number of pyridine rings is 1. The van der Waals surface area contributed by atoms with Gasteiger partial charge in [-0.3, -0.25) is 0 Å². The average molecular weight is 435 g/mol. The Morgan fingerprint density at radius 2 is 2.19 bits per heavy atom. The van der Waals surface area contributed by atoms with Crippen molar-refractivity contribution >= 4 is 28.3 Å². The Labute approximate surface area is 180 Å². The van der Waals surface area contributed by atoms with Crippen molar-refractivity contribution in [1.29, 1.82) is 0 Å². The molecule has 0 spiro atoms. The summed E-state index contributed by atoms with van der Waals surface area (Å²) in [6.45, 7) is 3.87. The summed E-state index contributed by atoms with van der Waals surface area (Å²) in [4.78, 5) is 21.9. The lowest BCUT2D eigenvalue weighted by atomic mass is 10.1. The standard InChI is InChI=1S/C21H17N5O4S/c1-12(2)26-19-15(9-22-26)14(8-16(23-19)17-4-3-6-28-17)21(27)29-10-18-24-20(30-25-18)13-5-7-31-11-13/h3-9,11-12H,10H2,1-2H3. The van der Waals surface area contributed by atoms with Crippen molar-refractivity contribution in [2.45, 2.75) is 26.5 Å². The monoisotopic (exact) mass is 435 g/mol. The predicted octanol–water partition coefficient (Wildman–Crippen LogP) is 4.74. The number of carbonyl (C=O) groups excluding carboxylic acids is 1. The van der Waals surface area contributed by atoms with Crippen LogP contribution in [-0.4, -0.2) is 30.9 Å². The van der Waals surface area contributed by atoms with Crippen LogP contribution in [0.5, 0.6) is 0 Å². The molecule has 0 fully saturated rings. The zero-order valence-corrected chi connectivity index (χ0v) is 17.5. The molecule has 5 rings (SSSR count). The number of carbonyl (C=O) groups is 1. The summed E-state index contributed by atoms with van der Waals surface area (Å²) < 4.78 is 17.9. The van der Waals surface area contributed by atoms with Gasteiger partial charge in [0.15, 0.2) is 18.0 Å². The summed E-state index contributed by atoms with van der Waals surface area (Å²) in [5.41, 5.74) is 2.27. The maximum Gasteiger partial charge on any atom is 0.339 e. The third-order valence-corrected chi connectivity index (χ3v) is 5.30. The molecule has 5 heterocycles. The molecule has 0 aromatic carbocycles. The van der Waals surface area contributed by atoms with Gasteiger partial charge in [-0.1, -0.05) is 5.16 Å². The van der Waals surface area contributed by atoms with Crippen LogP contribution in [0.1, 0.15) is 36.1 Å². The number of furan rings is 1. The van der Waals surface area contributed by atoms with Crippen LogP contribution in [0.15, 0.2) is 56.4 Å². The van der Waals surface area contributed by atoms with Crippen molar-refractivity contribution < 1.29 is 18.5 Å². The normalized spacial score (nSPS) is 11.5. The van der Waals surface area contributed by atoms with E-state index in [1.807, 2.05) is 30.7 Å². The third kappa shape index (κ3) is 3.61.